The van der Waals surface area contributed by atoms with Crippen molar-refractivity contribution in [2.24, 2.45) is 0 Å². The Labute approximate surface area is 120 Å². The highest BCUT2D eigenvalue weighted by Crippen LogP contribution is 2.34. The van der Waals surface area contributed by atoms with Crippen molar-refractivity contribution in [1.29, 1.82) is 0 Å². The average molecular weight is 319 g/mol. The van der Waals surface area contributed by atoms with Crippen molar-refractivity contribution < 1.29 is 31.1 Å². The zero-order valence-corrected chi connectivity index (χ0v) is 10.7. The number of aromatic nitrogens is 1. The predicted octanol–water partition coefficient (Wildman–Crippen LogP) is 4.60. The lowest BCUT2D eigenvalue weighted by Crippen LogP contribution is -2.07. The van der Waals surface area contributed by atoms with Gasteiger partial charge in [-0.05, 0) is 30.3 Å². The third-order valence-corrected chi connectivity index (χ3v) is 2.80. The molecule has 0 aliphatic rings. The van der Waals surface area contributed by atoms with Gasteiger partial charge in [-0.15, -0.1) is 0 Å². The molecule has 22 heavy (non-hydrogen) atoms. The maximum atomic E-state index is 12.8. The van der Waals surface area contributed by atoms with Gasteiger partial charge in [0.1, 0.15) is 6.29 Å². The number of carbonyl (C=O) groups is 1. The molecule has 8 heteroatoms. The van der Waals surface area contributed by atoms with Crippen molar-refractivity contribution in [3.63, 3.8) is 0 Å². The van der Waals surface area contributed by atoms with Crippen LogP contribution in [0.5, 0.6) is 0 Å². The van der Waals surface area contributed by atoms with Gasteiger partial charge in [0, 0.05) is 17.3 Å². The van der Waals surface area contributed by atoms with Crippen LogP contribution in [0.25, 0.3) is 11.3 Å². The molecule has 0 aliphatic heterocycles. The number of hydrogen-bond acceptors (Lipinski definition) is 2. The Hall–Kier alpha value is -2.38. The van der Waals surface area contributed by atoms with Crippen LogP contribution in [-0.2, 0) is 12.4 Å². The minimum absolute atomic E-state index is 0.187. The first-order chi connectivity index (χ1) is 10.1. The van der Waals surface area contributed by atoms with Crippen LogP contribution in [0.1, 0.15) is 21.5 Å². The summed E-state index contributed by atoms with van der Waals surface area (Å²) in [5, 5.41) is 0. The number of aldehydes is 1. The Balaban J connectivity index is 2.60. The van der Waals surface area contributed by atoms with Gasteiger partial charge in [0.2, 0.25) is 0 Å². The summed E-state index contributed by atoms with van der Waals surface area (Å²) in [6.07, 6.45) is -8.34. The number of alkyl halides is 6. The van der Waals surface area contributed by atoms with Gasteiger partial charge in [0.25, 0.3) is 0 Å². The normalized spacial score (nSPS) is 12.3. The van der Waals surface area contributed by atoms with E-state index in [-0.39, 0.29) is 23.1 Å². The highest BCUT2D eigenvalue weighted by Gasteiger charge is 2.33. The van der Waals surface area contributed by atoms with E-state index in [9.17, 15) is 31.1 Å². The largest absolute Gasteiger partial charge is 0.416 e. The van der Waals surface area contributed by atoms with Crippen molar-refractivity contribution in [3.8, 4) is 11.3 Å². The number of halogens is 6. The van der Waals surface area contributed by atoms with E-state index in [2.05, 4.69) is 4.98 Å². The lowest BCUT2D eigenvalue weighted by Gasteiger charge is -2.11. The summed E-state index contributed by atoms with van der Waals surface area (Å²) < 4.78 is 76.2. The second-order valence-corrected chi connectivity index (χ2v) is 4.39. The van der Waals surface area contributed by atoms with E-state index in [1.807, 2.05) is 0 Å². The van der Waals surface area contributed by atoms with Crippen molar-refractivity contribution in [1.82, 2.24) is 4.98 Å². The van der Waals surface area contributed by atoms with E-state index in [0.29, 0.717) is 24.3 Å². The molecule has 2 nitrogen and oxygen atoms in total. The first kappa shape index (κ1) is 16.0. The molecule has 0 bridgehead atoms. The van der Waals surface area contributed by atoms with Crippen molar-refractivity contribution in [2.45, 2.75) is 12.4 Å². The molecule has 0 aliphatic carbocycles. The van der Waals surface area contributed by atoms with Crippen molar-refractivity contribution in [2.75, 3.05) is 0 Å². The van der Waals surface area contributed by atoms with Crippen LogP contribution in [-0.4, -0.2) is 11.3 Å². The van der Waals surface area contributed by atoms with E-state index >= 15 is 0 Å². The molecule has 0 amide bonds. The topological polar surface area (TPSA) is 30.0 Å². The molecular formula is C14H7F6NO. The lowest BCUT2D eigenvalue weighted by molar-refractivity contribution is -0.138. The molecule has 0 spiro atoms. The minimum Gasteiger partial charge on any atom is -0.298 e. The van der Waals surface area contributed by atoms with Crippen LogP contribution >= 0.6 is 0 Å². The third-order valence-electron chi connectivity index (χ3n) is 2.80. The zero-order chi connectivity index (χ0) is 16.5. The van der Waals surface area contributed by atoms with Gasteiger partial charge in [0.05, 0.1) is 16.8 Å². The van der Waals surface area contributed by atoms with Crippen LogP contribution in [0.2, 0.25) is 0 Å². The fourth-order valence-electron chi connectivity index (χ4n) is 1.80. The fraction of sp³-hybridized carbons (Fsp3) is 0.143. The molecule has 1 aromatic heterocycles. The molecular weight excluding hydrogens is 312 g/mol. The zero-order valence-electron chi connectivity index (χ0n) is 10.7. The molecule has 1 aromatic carbocycles. The number of carbonyl (C=O) groups excluding carboxylic acids is 1. The molecule has 0 N–H and O–H groups in total. The summed E-state index contributed by atoms with van der Waals surface area (Å²) in [7, 11) is 0. The predicted molar refractivity (Wildman–Crippen MR) is 65.1 cm³/mol. The summed E-state index contributed by atoms with van der Waals surface area (Å²) in [5.41, 5.74) is -3.00. The van der Waals surface area contributed by atoms with Gasteiger partial charge < -0.3 is 0 Å². The van der Waals surface area contributed by atoms with Crippen LogP contribution < -0.4 is 0 Å². The standard InChI is InChI=1S/C14H7F6NO/c15-13(16,17)10-1-2-21-12(6-10)9-3-8(7-22)4-11(5-9)14(18,19)20/h1-7H. The van der Waals surface area contributed by atoms with Crippen molar-refractivity contribution in [3.05, 3.63) is 53.2 Å². The first-order valence-corrected chi connectivity index (χ1v) is 5.82. The smallest absolute Gasteiger partial charge is 0.298 e. The molecule has 116 valence electrons. The monoisotopic (exact) mass is 319 g/mol. The third kappa shape index (κ3) is 3.44. The first-order valence-electron chi connectivity index (χ1n) is 5.82. The Morgan fingerprint density at radius 2 is 1.50 bits per heavy atom. The van der Waals surface area contributed by atoms with E-state index in [4.69, 9.17) is 0 Å². The SMILES string of the molecule is O=Cc1cc(-c2cc(C(F)(F)F)ccn2)cc(C(F)(F)F)c1. The minimum atomic E-state index is -4.73. The number of nitrogens with zero attached hydrogens (tertiary/aromatic N) is 1. The molecule has 2 rings (SSSR count). The quantitative estimate of drug-likeness (QED) is 0.598. The Bertz CT molecular complexity index is 705. The Morgan fingerprint density at radius 1 is 0.864 bits per heavy atom. The summed E-state index contributed by atoms with van der Waals surface area (Å²) in [5.74, 6) is 0. The van der Waals surface area contributed by atoms with Gasteiger partial charge in [0.15, 0.2) is 0 Å². The van der Waals surface area contributed by atoms with E-state index in [0.717, 1.165) is 12.3 Å². The molecule has 0 fully saturated rings. The molecule has 0 saturated carbocycles. The van der Waals surface area contributed by atoms with Gasteiger partial charge in [-0.1, -0.05) is 0 Å². The average Bonchev–Trinajstić information content (AvgIpc) is 2.45. The summed E-state index contributed by atoms with van der Waals surface area (Å²) >= 11 is 0. The number of rotatable bonds is 2. The van der Waals surface area contributed by atoms with E-state index in [1.54, 1.807) is 0 Å². The number of benzene rings is 1. The second kappa shape index (κ2) is 5.43. The van der Waals surface area contributed by atoms with E-state index in [1.165, 1.54) is 0 Å². The molecule has 0 saturated heterocycles. The Morgan fingerprint density at radius 3 is 2.05 bits per heavy atom. The fourth-order valence-corrected chi connectivity index (χ4v) is 1.80. The molecule has 2 aromatic rings. The van der Waals surface area contributed by atoms with Crippen LogP contribution in [0.4, 0.5) is 26.3 Å². The summed E-state index contributed by atoms with van der Waals surface area (Å²) in [4.78, 5) is 14.4. The van der Waals surface area contributed by atoms with Crippen LogP contribution in [0.3, 0.4) is 0 Å². The second-order valence-electron chi connectivity index (χ2n) is 4.39. The maximum Gasteiger partial charge on any atom is 0.416 e. The molecule has 0 unspecified atom stereocenters. The van der Waals surface area contributed by atoms with Crippen molar-refractivity contribution >= 4 is 6.29 Å². The lowest BCUT2D eigenvalue weighted by atomic mass is 10.0. The van der Waals surface area contributed by atoms with Crippen LogP contribution in [0.15, 0.2) is 36.5 Å². The van der Waals surface area contributed by atoms with Crippen LogP contribution in [0, 0.1) is 0 Å². The van der Waals surface area contributed by atoms with E-state index < -0.39 is 23.5 Å². The number of pyridine rings is 1. The summed E-state index contributed by atoms with van der Waals surface area (Å²) in [6.45, 7) is 0. The van der Waals surface area contributed by atoms with Gasteiger partial charge >= 0.3 is 12.4 Å². The summed E-state index contributed by atoms with van der Waals surface area (Å²) in [6, 6.07) is 3.64. The molecule has 0 atom stereocenters. The van der Waals surface area contributed by atoms with Gasteiger partial charge in [-0.3, -0.25) is 9.78 Å². The highest BCUT2D eigenvalue weighted by atomic mass is 19.4. The Kier molecular flexibility index (Phi) is 3.95. The van der Waals surface area contributed by atoms with Gasteiger partial charge in [-0.25, -0.2) is 0 Å². The highest BCUT2D eigenvalue weighted by molar-refractivity contribution is 5.79. The maximum absolute atomic E-state index is 12.8. The van der Waals surface area contributed by atoms with Gasteiger partial charge in [-0.2, -0.15) is 26.3 Å². The number of hydrogen-bond donors (Lipinski definition) is 0. The molecule has 1 heterocycles. The molecule has 0 radical (unpaired) electrons.